The van der Waals surface area contributed by atoms with Crippen LogP contribution in [0, 0.1) is 0 Å². The number of aromatic nitrogens is 3. The summed E-state index contributed by atoms with van der Waals surface area (Å²) < 4.78 is 13.9. The Morgan fingerprint density at radius 2 is 1.80 bits per heavy atom. The van der Waals surface area contributed by atoms with Gasteiger partial charge in [-0.15, -0.1) is 10.2 Å². The van der Waals surface area contributed by atoms with Crippen molar-refractivity contribution in [3.05, 3.63) is 65.5 Å². The quantitative estimate of drug-likeness (QED) is 0.442. The van der Waals surface area contributed by atoms with Gasteiger partial charge in [-0.2, -0.15) is 0 Å². The largest absolute Gasteiger partial charge is 0.490 e. The molecule has 35 heavy (non-hydrogen) atoms. The van der Waals surface area contributed by atoms with Crippen LogP contribution in [0.15, 0.2) is 53.7 Å². The number of benzene rings is 2. The topological polar surface area (TPSA) is 69.5 Å². The lowest BCUT2D eigenvalue weighted by molar-refractivity contribution is -0.129. The fourth-order valence-electron chi connectivity index (χ4n) is 4.97. The van der Waals surface area contributed by atoms with Crippen molar-refractivity contribution in [1.29, 1.82) is 0 Å². The smallest absolute Gasteiger partial charge is 0.233 e. The number of carbonyl (C=O) groups is 1. The zero-order valence-corrected chi connectivity index (χ0v) is 20.6. The number of likely N-dealkylation sites (tertiary alicyclic amines) is 1. The average Bonchev–Trinajstić information content (AvgIpc) is 3.55. The van der Waals surface area contributed by atoms with E-state index in [0.717, 1.165) is 60.4 Å². The van der Waals surface area contributed by atoms with E-state index in [0.29, 0.717) is 24.9 Å². The SMILES string of the molecule is O=C(CSc1nnc(C2CC2)n1Cc1ccccc1)N1CCC[C@@H]1c1ccc2c(c1)OCCCO2. The van der Waals surface area contributed by atoms with E-state index in [-0.39, 0.29) is 11.9 Å². The molecular weight excluding hydrogens is 460 g/mol. The molecule has 6 rings (SSSR count). The van der Waals surface area contributed by atoms with Crippen LogP contribution in [0.2, 0.25) is 0 Å². The Morgan fingerprint density at radius 1 is 0.971 bits per heavy atom. The van der Waals surface area contributed by atoms with Crippen LogP contribution in [-0.2, 0) is 11.3 Å². The first-order chi connectivity index (χ1) is 17.3. The molecule has 1 aliphatic carbocycles. The molecule has 182 valence electrons. The van der Waals surface area contributed by atoms with E-state index in [1.54, 1.807) is 0 Å². The highest BCUT2D eigenvalue weighted by Gasteiger charge is 2.33. The first-order valence-corrected chi connectivity index (χ1v) is 13.5. The Labute approximate surface area is 209 Å². The Kier molecular flexibility index (Phi) is 6.37. The molecule has 7 nitrogen and oxygen atoms in total. The maximum absolute atomic E-state index is 13.4. The van der Waals surface area contributed by atoms with Crippen LogP contribution in [0.1, 0.15) is 61.0 Å². The molecule has 3 aliphatic rings. The van der Waals surface area contributed by atoms with E-state index >= 15 is 0 Å². The molecule has 0 N–H and O–H groups in total. The lowest BCUT2D eigenvalue weighted by atomic mass is 10.0. The van der Waals surface area contributed by atoms with E-state index in [9.17, 15) is 4.79 Å². The number of hydrogen-bond donors (Lipinski definition) is 0. The van der Waals surface area contributed by atoms with Crippen molar-refractivity contribution in [2.24, 2.45) is 0 Å². The molecule has 0 bridgehead atoms. The molecule has 3 aromatic rings. The Balaban J connectivity index is 1.16. The summed E-state index contributed by atoms with van der Waals surface area (Å²) in [5.74, 6) is 3.64. The Bertz CT molecular complexity index is 1190. The summed E-state index contributed by atoms with van der Waals surface area (Å²) in [6, 6.07) is 16.6. The maximum Gasteiger partial charge on any atom is 0.233 e. The summed E-state index contributed by atoms with van der Waals surface area (Å²) in [6.07, 6.45) is 5.19. The van der Waals surface area contributed by atoms with E-state index in [1.807, 2.05) is 17.0 Å². The third-order valence-corrected chi connectivity index (χ3v) is 7.88. The summed E-state index contributed by atoms with van der Waals surface area (Å²) in [6.45, 7) is 2.85. The third-order valence-electron chi connectivity index (χ3n) is 6.93. The number of nitrogens with zero attached hydrogens (tertiary/aromatic N) is 4. The number of hydrogen-bond acceptors (Lipinski definition) is 6. The van der Waals surface area contributed by atoms with Crippen molar-refractivity contribution in [2.75, 3.05) is 25.5 Å². The first kappa shape index (κ1) is 22.5. The van der Waals surface area contributed by atoms with Crippen molar-refractivity contribution < 1.29 is 14.3 Å². The van der Waals surface area contributed by atoms with Crippen molar-refractivity contribution in [3.8, 4) is 11.5 Å². The van der Waals surface area contributed by atoms with Gasteiger partial charge in [0.2, 0.25) is 5.91 Å². The number of rotatable bonds is 7. The average molecular weight is 491 g/mol. The molecule has 1 amide bonds. The second kappa shape index (κ2) is 9.93. The molecule has 1 atom stereocenters. The molecule has 3 heterocycles. The zero-order chi connectivity index (χ0) is 23.6. The van der Waals surface area contributed by atoms with Crippen LogP contribution in [-0.4, -0.2) is 51.1 Å². The highest BCUT2D eigenvalue weighted by atomic mass is 32.2. The number of ether oxygens (including phenoxy) is 2. The normalized spacial score (nSPS) is 19.5. The van der Waals surface area contributed by atoms with Gasteiger partial charge in [0, 0.05) is 18.9 Å². The molecular formula is C27H30N4O3S. The Hall–Kier alpha value is -3.00. The molecule has 2 aliphatic heterocycles. The van der Waals surface area contributed by atoms with Gasteiger partial charge in [0.15, 0.2) is 16.7 Å². The monoisotopic (exact) mass is 490 g/mol. The summed E-state index contributed by atoms with van der Waals surface area (Å²) in [7, 11) is 0. The summed E-state index contributed by atoms with van der Waals surface area (Å²) in [4.78, 5) is 15.4. The Morgan fingerprint density at radius 3 is 2.63 bits per heavy atom. The van der Waals surface area contributed by atoms with Crippen molar-refractivity contribution in [2.45, 2.75) is 55.8 Å². The summed E-state index contributed by atoms with van der Waals surface area (Å²) >= 11 is 1.50. The van der Waals surface area contributed by atoms with Crippen LogP contribution >= 0.6 is 11.8 Å². The van der Waals surface area contributed by atoms with Gasteiger partial charge in [0.25, 0.3) is 0 Å². The maximum atomic E-state index is 13.4. The van der Waals surface area contributed by atoms with E-state index in [1.165, 1.54) is 30.2 Å². The lowest BCUT2D eigenvalue weighted by Crippen LogP contribution is -2.32. The van der Waals surface area contributed by atoms with Gasteiger partial charge >= 0.3 is 0 Å². The second-order valence-corrected chi connectivity index (χ2v) is 10.4. The van der Waals surface area contributed by atoms with E-state index in [2.05, 4.69) is 51.2 Å². The van der Waals surface area contributed by atoms with Crippen LogP contribution < -0.4 is 9.47 Å². The van der Waals surface area contributed by atoms with Gasteiger partial charge in [0.05, 0.1) is 31.6 Å². The van der Waals surface area contributed by atoms with E-state index < -0.39 is 0 Å². The van der Waals surface area contributed by atoms with Crippen LogP contribution in [0.5, 0.6) is 11.5 Å². The molecule has 2 aromatic carbocycles. The fraction of sp³-hybridized carbons (Fsp3) is 0.444. The van der Waals surface area contributed by atoms with Crippen LogP contribution in [0.3, 0.4) is 0 Å². The molecule has 1 aromatic heterocycles. The standard InChI is InChI=1S/C27H30N4O3S/c32-25(30-13-4-8-22(30)21-11-12-23-24(16-21)34-15-5-14-33-23)18-35-27-29-28-26(20-9-10-20)31(27)17-19-6-2-1-3-7-19/h1-3,6-7,11-12,16,20,22H,4-5,8-10,13-15,17-18H2/t22-/m1/s1. The van der Waals surface area contributed by atoms with Crippen molar-refractivity contribution >= 4 is 17.7 Å². The van der Waals surface area contributed by atoms with Gasteiger partial charge in [-0.25, -0.2) is 0 Å². The van der Waals surface area contributed by atoms with Gasteiger partial charge < -0.3 is 18.9 Å². The lowest BCUT2D eigenvalue weighted by Gasteiger charge is -2.25. The van der Waals surface area contributed by atoms with Crippen LogP contribution in [0.4, 0.5) is 0 Å². The summed E-state index contributed by atoms with van der Waals surface area (Å²) in [5.41, 5.74) is 2.34. The molecule has 2 fully saturated rings. The molecule has 1 saturated carbocycles. The highest BCUT2D eigenvalue weighted by Crippen LogP contribution is 2.41. The van der Waals surface area contributed by atoms with Gasteiger partial charge in [0.1, 0.15) is 5.82 Å². The first-order valence-electron chi connectivity index (χ1n) is 12.5. The van der Waals surface area contributed by atoms with Gasteiger partial charge in [-0.3, -0.25) is 4.79 Å². The molecule has 0 radical (unpaired) electrons. The minimum Gasteiger partial charge on any atom is -0.490 e. The van der Waals surface area contributed by atoms with Crippen LogP contribution in [0.25, 0.3) is 0 Å². The second-order valence-electron chi connectivity index (χ2n) is 9.48. The minimum atomic E-state index is 0.0736. The number of fused-ring (bicyclic) bond motifs is 1. The van der Waals surface area contributed by atoms with E-state index in [4.69, 9.17) is 9.47 Å². The molecule has 1 saturated heterocycles. The van der Waals surface area contributed by atoms with Crippen molar-refractivity contribution in [3.63, 3.8) is 0 Å². The number of amides is 1. The zero-order valence-electron chi connectivity index (χ0n) is 19.8. The van der Waals surface area contributed by atoms with Crippen molar-refractivity contribution in [1.82, 2.24) is 19.7 Å². The minimum absolute atomic E-state index is 0.0736. The van der Waals surface area contributed by atoms with Gasteiger partial charge in [-0.1, -0.05) is 48.2 Å². The molecule has 0 unspecified atom stereocenters. The number of carbonyl (C=O) groups excluding carboxylic acids is 1. The fourth-order valence-corrected chi connectivity index (χ4v) is 5.80. The third kappa shape index (κ3) is 4.89. The number of thioether (sulfide) groups is 1. The summed E-state index contributed by atoms with van der Waals surface area (Å²) in [5, 5.41) is 9.81. The molecule has 0 spiro atoms. The molecule has 8 heteroatoms. The highest BCUT2D eigenvalue weighted by molar-refractivity contribution is 7.99. The predicted molar refractivity (Wildman–Crippen MR) is 134 cm³/mol. The predicted octanol–water partition coefficient (Wildman–Crippen LogP) is 4.82. The van der Waals surface area contributed by atoms with Gasteiger partial charge in [-0.05, 0) is 48.9 Å².